The molecule has 1 saturated heterocycles. The zero-order valence-electron chi connectivity index (χ0n) is 11.7. The summed E-state index contributed by atoms with van der Waals surface area (Å²) in [5, 5.41) is 13.3. The van der Waals surface area contributed by atoms with Crippen LogP contribution in [-0.2, 0) is 4.74 Å². The fourth-order valence-corrected chi connectivity index (χ4v) is 3.57. The second-order valence-corrected chi connectivity index (χ2v) is 6.36. The molecule has 2 saturated carbocycles. The first kappa shape index (κ1) is 13.4. The molecule has 0 bridgehead atoms. The molecule has 3 fully saturated rings. The van der Waals surface area contributed by atoms with E-state index in [-0.39, 0.29) is 5.54 Å². The molecule has 19 heavy (non-hydrogen) atoms. The van der Waals surface area contributed by atoms with Crippen LogP contribution in [0.3, 0.4) is 0 Å². The van der Waals surface area contributed by atoms with Crippen molar-refractivity contribution in [2.45, 2.75) is 62.6 Å². The van der Waals surface area contributed by atoms with E-state index in [1.807, 2.05) is 0 Å². The van der Waals surface area contributed by atoms with Crippen LogP contribution in [-0.4, -0.2) is 48.8 Å². The lowest BCUT2D eigenvalue weighted by atomic mass is 9.79. The van der Waals surface area contributed by atoms with Crippen LogP contribution >= 0.6 is 0 Å². The van der Waals surface area contributed by atoms with E-state index in [1.165, 1.54) is 25.7 Å². The quantitative estimate of drug-likeness (QED) is 0.841. The molecule has 0 aromatic rings. The Kier molecular flexibility index (Phi) is 4.07. The molecule has 0 radical (unpaired) electrons. The molecule has 2 aliphatic carbocycles. The van der Waals surface area contributed by atoms with Crippen LogP contribution in [0.2, 0.25) is 0 Å². The molecule has 3 aliphatic rings. The smallest absolute Gasteiger partial charge is 0.108 e. The van der Waals surface area contributed by atoms with E-state index >= 15 is 0 Å². The Morgan fingerprint density at radius 1 is 1.16 bits per heavy atom. The van der Waals surface area contributed by atoms with Crippen molar-refractivity contribution < 1.29 is 4.74 Å². The summed E-state index contributed by atoms with van der Waals surface area (Å²) < 4.78 is 5.55. The minimum atomic E-state index is -0.253. The van der Waals surface area contributed by atoms with Gasteiger partial charge in [-0.3, -0.25) is 10.2 Å². The minimum absolute atomic E-state index is 0.253. The molecular weight excluding hydrogens is 238 g/mol. The van der Waals surface area contributed by atoms with Gasteiger partial charge in [-0.2, -0.15) is 5.26 Å². The summed E-state index contributed by atoms with van der Waals surface area (Å²) in [7, 11) is 0. The van der Waals surface area contributed by atoms with Gasteiger partial charge in [-0.15, -0.1) is 0 Å². The minimum Gasteiger partial charge on any atom is -0.380 e. The van der Waals surface area contributed by atoms with Crippen molar-refractivity contribution in [2.75, 3.05) is 26.3 Å². The van der Waals surface area contributed by atoms with Gasteiger partial charge in [0.25, 0.3) is 0 Å². The lowest BCUT2D eigenvalue weighted by Gasteiger charge is -2.41. The van der Waals surface area contributed by atoms with Crippen molar-refractivity contribution in [3.05, 3.63) is 0 Å². The van der Waals surface area contributed by atoms with Crippen molar-refractivity contribution in [1.29, 1.82) is 5.26 Å². The number of nitrogens with one attached hydrogen (secondary N) is 1. The highest BCUT2D eigenvalue weighted by molar-refractivity contribution is 5.13. The molecule has 0 spiro atoms. The first-order valence-corrected chi connectivity index (χ1v) is 7.82. The van der Waals surface area contributed by atoms with Crippen molar-refractivity contribution in [3.63, 3.8) is 0 Å². The lowest BCUT2D eigenvalue weighted by molar-refractivity contribution is 0.103. The molecule has 0 aromatic carbocycles. The first-order valence-electron chi connectivity index (χ1n) is 7.82. The van der Waals surface area contributed by atoms with Crippen molar-refractivity contribution in [1.82, 2.24) is 10.2 Å². The molecule has 2 atom stereocenters. The average molecular weight is 263 g/mol. The van der Waals surface area contributed by atoms with Gasteiger partial charge in [-0.1, -0.05) is 0 Å². The van der Waals surface area contributed by atoms with Gasteiger partial charge in [-0.05, 0) is 44.9 Å². The number of nitrogens with zero attached hydrogens (tertiary/aromatic N) is 2. The topological polar surface area (TPSA) is 48.3 Å². The molecule has 1 heterocycles. The predicted molar refractivity (Wildman–Crippen MR) is 73.8 cm³/mol. The van der Waals surface area contributed by atoms with Crippen LogP contribution in [0.25, 0.3) is 0 Å². The number of ether oxygens (including phenoxy) is 1. The molecule has 4 heteroatoms. The maximum Gasteiger partial charge on any atom is 0.108 e. The summed E-state index contributed by atoms with van der Waals surface area (Å²) >= 11 is 0. The normalized spacial score (nSPS) is 37.5. The van der Waals surface area contributed by atoms with Crippen LogP contribution in [0.15, 0.2) is 0 Å². The number of nitriles is 1. The third kappa shape index (κ3) is 3.28. The Morgan fingerprint density at radius 2 is 2.05 bits per heavy atom. The number of hydrogen-bond donors (Lipinski definition) is 1. The van der Waals surface area contributed by atoms with Crippen molar-refractivity contribution >= 4 is 0 Å². The van der Waals surface area contributed by atoms with Gasteiger partial charge in [-0.25, -0.2) is 0 Å². The second kappa shape index (κ2) is 5.78. The van der Waals surface area contributed by atoms with E-state index in [4.69, 9.17) is 4.74 Å². The van der Waals surface area contributed by atoms with Crippen LogP contribution in [0, 0.1) is 11.3 Å². The fraction of sp³-hybridized carbons (Fsp3) is 0.933. The fourth-order valence-electron chi connectivity index (χ4n) is 3.57. The van der Waals surface area contributed by atoms with Gasteiger partial charge in [0, 0.05) is 31.8 Å². The van der Waals surface area contributed by atoms with Gasteiger partial charge in [0.2, 0.25) is 0 Å². The van der Waals surface area contributed by atoms with E-state index in [2.05, 4.69) is 16.3 Å². The highest BCUT2D eigenvalue weighted by Gasteiger charge is 2.41. The summed E-state index contributed by atoms with van der Waals surface area (Å²) in [6, 6.07) is 3.79. The summed E-state index contributed by atoms with van der Waals surface area (Å²) in [5.41, 5.74) is -0.253. The SMILES string of the molecule is N#CC1(NC2CC2)CCCC(N2CCCOCC2)C1. The average Bonchev–Trinajstić information content (AvgIpc) is 3.25. The van der Waals surface area contributed by atoms with Gasteiger partial charge in [0.05, 0.1) is 12.7 Å². The molecule has 1 N–H and O–H groups in total. The van der Waals surface area contributed by atoms with E-state index < -0.39 is 0 Å². The Balaban J connectivity index is 1.63. The van der Waals surface area contributed by atoms with Gasteiger partial charge in [0.1, 0.15) is 5.54 Å². The second-order valence-electron chi connectivity index (χ2n) is 6.36. The Morgan fingerprint density at radius 3 is 2.84 bits per heavy atom. The maximum atomic E-state index is 9.63. The van der Waals surface area contributed by atoms with Crippen molar-refractivity contribution in [3.8, 4) is 6.07 Å². The molecule has 106 valence electrons. The van der Waals surface area contributed by atoms with E-state index in [1.54, 1.807) is 0 Å². The van der Waals surface area contributed by atoms with Crippen LogP contribution in [0.5, 0.6) is 0 Å². The lowest BCUT2D eigenvalue weighted by Crippen LogP contribution is -2.53. The Bertz CT molecular complexity index is 342. The Labute approximate surface area is 116 Å². The summed E-state index contributed by atoms with van der Waals surface area (Å²) in [4.78, 5) is 2.56. The van der Waals surface area contributed by atoms with E-state index in [0.29, 0.717) is 12.1 Å². The number of hydrogen-bond acceptors (Lipinski definition) is 4. The summed E-state index contributed by atoms with van der Waals surface area (Å²) in [6.45, 7) is 3.92. The largest absolute Gasteiger partial charge is 0.380 e. The maximum absolute atomic E-state index is 9.63. The number of rotatable bonds is 3. The molecular formula is C15H25N3O. The van der Waals surface area contributed by atoms with Gasteiger partial charge >= 0.3 is 0 Å². The van der Waals surface area contributed by atoms with E-state index in [9.17, 15) is 5.26 Å². The summed E-state index contributed by atoms with van der Waals surface area (Å²) in [6.07, 6.45) is 8.09. The van der Waals surface area contributed by atoms with E-state index in [0.717, 1.165) is 45.6 Å². The molecule has 0 aromatic heterocycles. The van der Waals surface area contributed by atoms with Gasteiger partial charge < -0.3 is 4.74 Å². The monoisotopic (exact) mass is 263 g/mol. The highest BCUT2D eigenvalue weighted by atomic mass is 16.5. The molecule has 1 aliphatic heterocycles. The molecule has 4 nitrogen and oxygen atoms in total. The van der Waals surface area contributed by atoms with Crippen LogP contribution < -0.4 is 5.32 Å². The van der Waals surface area contributed by atoms with Gasteiger partial charge in [0.15, 0.2) is 0 Å². The first-order chi connectivity index (χ1) is 9.31. The third-order valence-corrected chi connectivity index (χ3v) is 4.77. The molecule has 0 amide bonds. The molecule has 3 rings (SSSR count). The molecule has 2 unspecified atom stereocenters. The standard InChI is InChI=1S/C15H25N3O/c16-12-15(17-13-4-5-13)6-1-3-14(11-15)18-7-2-9-19-10-8-18/h13-14,17H,1-11H2. The zero-order valence-corrected chi connectivity index (χ0v) is 11.7. The zero-order chi connectivity index (χ0) is 13.1. The Hall–Kier alpha value is -0.630. The van der Waals surface area contributed by atoms with Crippen LogP contribution in [0.4, 0.5) is 0 Å². The van der Waals surface area contributed by atoms with Crippen molar-refractivity contribution in [2.24, 2.45) is 0 Å². The predicted octanol–water partition coefficient (Wildman–Crippen LogP) is 1.67. The van der Waals surface area contributed by atoms with Crippen LogP contribution in [0.1, 0.15) is 44.9 Å². The highest BCUT2D eigenvalue weighted by Crippen LogP contribution is 2.34. The summed E-state index contributed by atoms with van der Waals surface area (Å²) in [5.74, 6) is 0. The third-order valence-electron chi connectivity index (χ3n) is 4.77.